The van der Waals surface area contributed by atoms with E-state index in [4.69, 9.17) is 16.3 Å². The van der Waals surface area contributed by atoms with Gasteiger partial charge in [0.05, 0.1) is 17.7 Å². The molecule has 0 aliphatic heterocycles. The lowest BCUT2D eigenvalue weighted by Crippen LogP contribution is -2.25. The van der Waals surface area contributed by atoms with Crippen LogP contribution in [0.3, 0.4) is 0 Å². The third-order valence-corrected chi connectivity index (χ3v) is 3.56. The van der Waals surface area contributed by atoms with E-state index in [0.717, 1.165) is 9.14 Å². The van der Waals surface area contributed by atoms with Gasteiger partial charge in [-0.3, -0.25) is 4.79 Å². The predicted octanol–water partition coefficient (Wildman–Crippen LogP) is 3.26. The number of halogens is 2. The standard InChI is InChI=1S/C12H13ClINO2/c1-7(2)6-15-12(16)8-4-9(13)10(14)5-11(8)17-3/h4-5H,1,6H2,2-3H3,(H,15,16). The SMILES string of the molecule is C=C(C)CNC(=O)c1cc(Cl)c(I)cc1OC. The van der Waals surface area contributed by atoms with Crippen molar-refractivity contribution in [3.63, 3.8) is 0 Å². The van der Waals surface area contributed by atoms with E-state index in [2.05, 4.69) is 34.5 Å². The number of carbonyl (C=O) groups is 1. The molecule has 1 aromatic carbocycles. The average Bonchev–Trinajstić information content (AvgIpc) is 2.28. The lowest BCUT2D eigenvalue weighted by molar-refractivity contribution is 0.0954. The molecule has 0 aliphatic rings. The summed E-state index contributed by atoms with van der Waals surface area (Å²) >= 11 is 8.08. The molecule has 92 valence electrons. The molecule has 0 radical (unpaired) electrons. The Morgan fingerprint density at radius 2 is 2.24 bits per heavy atom. The Balaban J connectivity index is 2.99. The monoisotopic (exact) mass is 365 g/mol. The van der Waals surface area contributed by atoms with Gasteiger partial charge < -0.3 is 10.1 Å². The van der Waals surface area contributed by atoms with Crippen molar-refractivity contribution in [2.24, 2.45) is 0 Å². The topological polar surface area (TPSA) is 38.3 Å². The van der Waals surface area contributed by atoms with Gasteiger partial charge in [0.15, 0.2) is 0 Å². The van der Waals surface area contributed by atoms with Crippen LogP contribution in [0.25, 0.3) is 0 Å². The van der Waals surface area contributed by atoms with Gasteiger partial charge in [0.25, 0.3) is 5.91 Å². The molecule has 0 saturated heterocycles. The van der Waals surface area contributed by atoms with E-state index < -0.39 is 0 Å². The molecule has 0 aromatic heterocycles. The van der Waals surface area contributed by atoms with Crippen LogP contribution in [0.15, 0.2) is 24.3 Å². The number of carbonyl (C=O) groups excluding carboxylic acids is 1. The second kappa shape index (κ2) is 6.26. The van der Waals surface area contributed by atoms with Gasteiger partial charge in [-0.25, -0.2) is 0 Å². The van der Waals surface area contributed by atoms with Crippen molar-refractivity contribution in [2.45, 2.75) is 6.92 Å². The Hall–Kier alpha value is -0.750. The molecule has 1 amide bonds. The summed E-state index contributed by atoms with van der Waals surface area (Å²) in [6.07, 6.45) is 0. The lowest BCUT2D eigenvalue weighted by atomic mass is 10.2. The smallest absolute Gasteiger partial charge is 0.255 e. The zero-order valence-electron chi connectivity index (χ0n) is 9.64. The second-order valence-corrected chi connectivity index (χ2v) is 5.18. The van der Waals surface area contributed by atoms with Gasteiger partial charge in [-0.2, -0.15) is 0 Å². The van der Waals surface area contributed by atoms with Gasteiger partial charge >= 0.3 is 0 Å². The molecule has 0 atom stereocenters. The molecular formula is C12H13ClINO2. The number of nitrogens with one attached hydrogen (secondary N) is 1. The summed E-state index contributed by atoms with van der Waals surface area (Å²) in [4.78, 5) is 11.9. The zero-order valence-corrected chi connectivity index (χ0v) is 12.6. The first-order valence-electron chi connectivity index (χ1n) is 4.91. The molecule has 5 heteroatoms. The van der Waals surface area contributed by atoms with Crippen molar-refractivity contribution < 1.29 is 9.53 Å². The highest BCUT2D eigenvalue weighted by molar-refractivity contribution is 14.1. The van der Waals surface area contributed by atoms with Gasteiger partial charge in [0, 0.05) is 10.1 Å². The molecule has 0 spiro atoms. The fraction of sp³-hybridized carbons (Fsp3) is 0.250. The first kappa shape index (κ1) is 14.3. The summed E-state index contributed by atoms with van der Waals surface area (Å²) < 4.78 is 6.01. The third-order valence-electron chi connectivity index (χ3n) is 2.04. The van der Waals surface area contributed by atoms with Crippen molar-refractivity contribution in [3.8, 4) is 5.75 Å². The highest BCUT2D eigenvalue weighted by atomic mass is 127. The third kappa shape index (κ3) is 3.89. The minimum absolute atomic E-state index is 0.219. The van der Waals surface area contributed by atoms with Gasteiger partial charge in [-0.1, -0.05) is 23.8 Å². The Morgan fingerprint density at radius 1 is 1.59 bits per heavy atom. The summed E-state index contributed by atoms with van der Waals surface area (Å²) in [6, 6.07) is 3.34. The van der Waals surface area contributed by atoms with Gasteiger partial charge in [-0.15, -0.1) is 0 Å². The molecular weight excluding hydrogens is 352 g/mol. The van der Waals surface area contributed by atoms with Gasteiger partial charge in [-0.05, 0) is 41.6 Å². The highest BCUT2D eigenvalue weighted by Crippen LogP contribution is 2.28. The maximum Gasteiger partial charge on any atom is 0.255 e. The second-order valence-electron chi connectivity index (χ2n) is 3.61. The molecule has 0 unspecified atom stereocenters. The average molecular weight is 366 g/mol. The van der Waals surface area contributed by atoms with E-state index in [-0.39, 0.29) is 5.91 Å². The number of benzene rings is 1. The minimum Gasteiger partial charge on any atom is -0.496 e. The summed E-state index contributed by atoms with van der Waals surface area (Å²) in [6.45, 7) is 6.00. The van der Waals surface area contributed by atoms with Crippen LogP contribution >= 0.6 is 34.2 Å². The van der Waals surface area contributed by atoms with Crippen LogP contribution in [0.4, 0.5) is 0 Å². The molecule has 0 fully saturated rings. The summed E-state index contributed by atoms with van der Waals surface area (Å²) in [7, 11) is 1.52. The van der Waals surface area contributed by atoms with Gasteiger partial charge in [0.2, 0.25) is 0 Å². The number of hydrogen-bond acceptors (Lipinski definition) is 2. The van der Waals surface area contributed by atoms with Crippen LogP contribution in [0.2, 0.25) is 5.02 Å². The highest BCUT2D eigenvalue weighted by Gasteiger charge is 2.14. The zero-order chi connectivity index (χ0) is 13.0. The van der Waals surface area contributed by atoms with Crippen molar-refractivity contribution >= 4 is 40.1 Å². The van der Waals surface area contributed by atoms with Gasteiger partial charge in [0.1, 0.15) is 5.75 Å². The van der Waals surface area contributed by atoms with Crippen LogP contribution in [0.1, 0.15) is 17.3 Å². The molecule has 0 saturated carbocycles. The van der Waals surface area contributed by atoms with Crippen molar-refractivity contribution in [1.29, 1.82) is 0 Å². The molecule has 0 heterocycles. The van der Waals surface area contributed by atoms with Crippen LogP contribution < -0.4 is 10.1 Å². The predicted molar refractivity (Wildman–Crippen MR) is 77.9 cm³/mol. The Kier molecular flexibility index (Phi) is 5.27. The lowest BCUT2D eigenvalue weighted by Gasteiger charge is -2.10. The number of ether oxygens (including phenoxy) is 1. The number of hydrogen-bond donors (Lipinski definition) is 1. The number of methoxy groups -OCH3 is 1. The Labute approximate surface area is 119 Å². The molecule has 0 bridgehead atoms. The molecule has 17 heavy (non-hydrogen) atoms. The number of rotatable bonds is 4. The van der Waals surface area contributed by atoms with E-state index in [1.165, 1.54) is 7.11 Å². The molecule has 3 nitrogen and oxygen atoms in total. The van der Waals surface area contributed by atoms with Crippen LogP contribution in [-0.4, -0.2) is 19.6 Å². The maximum absolute atomic E-state index is 11.9. The quantitative estimate of drug-likeness (QED) is 0.657. The fourth-order valence-electron chi connectivity index (χ4n) is 1.20. The van der Waals surface area contributed by atoms with Crippen molar-refractivity contribution in [1.82, 2.24) is 5.32 Å². The van der Waals surface area contributed by atoms with E-state index in [9.17, 15) is 4.79 Å². The first-order chi connectivity index (χ1) is 7.95. The van der Waals surface area contributed by atoms with Crippen LogP contribution in [-0.2, 0) is 0 Å². The van der Waals surface area contributed by atoms with E-state index in [1.54, 1.807) is 12.1 Å². The summed E-state index contributed by atoms with van der Waals surface area (Å²) in [5.41, 5.74) is 1.31. The molecule has 0 aliphatic carbocycles. The van der Waals surface area contributed by atoms with E-state index in [1.807, 2.05) is 6.92 Å². The van der Waals surface area contributed by atoms with Crippen molar-refractivity contribution in [2.75, 3.05) is 13.7 Å². The minimum atomic E-state index is -0.219. The summed E-state index contributed by atoms with van der Waals surface area (Å²) in [5, 5.41) is 3.27. The molecule has 1 N–H and O–H groups in total. The normalized spacial score (nSPS) is 9.88. The molecule has 1 rings (SSSR count). The fourth-order valence-corrected chi connectivity index (χ4v) is 1.80. The van der Waals surface area contributed by atoms with Crippen molar-refractivity contribution in [3.05, 3.63) is 38.4 Å². The van der Waals surface area contributed by atoms with E-state index >= 15 is 0 Å². The van der Waals surface area contributed by atoms with E-state index in [0.29, 0.717) is 22.9 Å². The maximum atomic E-state index is 11.9. The largest absolute Gasteiger partial charge is 0.496 e. The number of amides is 1. The first-order valence-corrected chi connectivity index (χ1v) is 6.37. The Bertz CT molecular complexity index is 460. The van der Waals surface area contributed by atoms with Crippen LogP contribution in [0.5, 0.6) is 5.75 Å². The Morgan fingerprint density at radius 3 is 2.76 bits per heavy atom. The summed E-state index contributed by atoms with van der Waals surface area (Å²) in [5.74, 6) is 0.293. The molecule has 1 aromatic rings. The van der Waals surface area contributed by atoms with Crippen LogP contribution in [0, 0.1) is 3.57 Å².